The number of halogens is 1. The summed E-state index contributed by atoms with van der Waals surface area (Å²) in [5.41, 5.74) is 7.02. The molecular weight excluding hydrogens is 478 g/mol. The summed E-state index contributed by atoms with van der Waals surface area (Å²) in [4.78, 5) is 0. The van der Waals surface area contributed by atoms with Crippen LogP contribution in [0.5, 0.6) is 0 Å². The van der Waals surface area contributed by atoms with Gasteiger partial charge in [0, 0.05) is 15.8 Å². The van der Waals surface area contributed by atoms with E-state index < -0.39 is 0 Å². The van der Waals surface area contributed by atoms with Crippen LogP contribution in [0.2, 0.25) is 0 Å². The topological polar surface area (TPSA) is 12.0 Å². The van der Waals surface area contributed by atoms with E-state index in [1.54, 1.807) is 0 Å². The lowest BCUT2D eigenvalue weighted by atomic mass is 9.95. The first-order chi connectivity index (χ1) is 16.7. The van der Waals surface area contributed by atoms with Gasteiger partial charge in [-0.3, -0.25) is 0 Å². The SMILES string of the molecule is Brc1ccc(Nc2ccc(-c3cccc(-c4ccc5ccc6ccccc6c5c4)c3)cc2)cc1. The fraction of sp³-hybridized carbons (Fsp3) is 0. The van der Waals surface area contributed by atoms with Crippen LogP contribution in [0.4, 0.5) is 11.4 Å². The van der Waals surface area contributed by atoms with E-state index in [9.17, 15) is 0 Å². The van der Waals surface area contributed by atoms with Gasteiger partial charge in [-0.25, -0.2) is 0 Å². The molecule has 0 amide bonds. The average molecular weight is 500 g/mol. The van der Waals surface area contributed by atoms with Crippen LogP contribution >= 0.6 is 15.9 Å². The molecule has 0 unspecified atom stereocenters. The van der Waals surface area contributed by atoms with Crippen LogP contribution in [0.1, 0.15) is 0 Å². The van der Waals surface area contributed by atoms with Gasteiger partial charge in [-0.15, -0.1) is 0 Å². The summed E-state index contributed by atoms with van der Waals surface area (Å²) in [5, 5.41) is 8.60. The zero-order valence-corrected chi connectivity index (χ0v) is 20.1. The zero-order chi connectivity index (χ0) is 22.9. The van der Waals surface area contributed by atoms with Crippen molar-refractivity contribution in [3.63, 3.8) is 0 Å². The van der Waals surface area contributed by atoms with Crippen molar-refractivity contribution in [1.82, 2.24) is 0 Å². The Balaban J connectivity index is 1.32. The normalized spacial score (nSPS) is 11.1. The Bertz CT molecular complexity index is 1620. The van der Waals surface area contributed by atoms with E-state index in [1.807, 2.05) is 12.1 Å². The summed E-state index contributed by atoms with van der Waals surface area (Å²) in [5.74, 6) is 0. The predicted octanol–water partition coefficient (Wildman–Crippen LogP) is 9.83. The molecule has 6 aromatic rings. The first-order valence-electron chi connectivity index (χ1n) is 11.4. The zero-order valence-electron chi connectivity index (χ0n) is 18.5. The maximum atomic E-state index is 3.48. The molecule has 1 nitrogen and oxygen atoms in total. The molecule has 6 aromatic carbocycles. The van der Waals surface area contributed by atoms with E-state index in [4.69, 9.17) is 0 Å². The number of nitrogens with one attached hydrogen (secondary N) is 1. The monoisotopic (exact) mass is 499 g/mol. The first kappa shape index (κ1) is 20.7. The molecular formula is C32H22BrN. The van der Waals surface area contributed by atoms with Gasteiger partial charge in [-0.2, -0.15) is 0 Å². The average Bonchev–Trinajstić information content (AvgIpc) is 2.90. The molecule has 0 aliphatic carbocycles. The molecule has 0 radical (unpaired) electrons. The molecule has 1 N–H and O–H groups in total. The summed E-state index contributed by atoms with van der Waals surface area (Å²) < 4.78 is 1.08. The molecule has 0 saturated carbocycles. The lowest BCUT2D eigenvalue weighted by Crippen LogP contribution is -1.89. The molecule has 0 saturated heterocycles. The van der Waals surface area contributed by atoms with E-state index in [-0.39, 0.29) is 0 Å². The number of hydrogen-bond donors (Lipinski definition) is 1. The third-order valence-electron chi connectivity index (χ3n) is 6.29. The minimum atomic E-state index is 1.07. The molecule has 6 rings (SSSR count). The highest BCUT2D eigenvalue weighted by Gasteiger charge is 2.06. The Morgan fingerprint density at radius 1 is 0.412 bits per heavy atom. The van der Waals surface area contributed by atoms with Crippen molar-refractivity contribution < 1.29 is 0 Å². The summed E-state index contributed by atoms with van der Waals surface area (Å²) in [6, 6.07) is 45.4. The van der Waals surface area contributed by atoms with Gasteiger partial charge in [-0.05, 0) is 92.3 Å². The van der Waals surface area contributed by atoms with Crippen molar-refractivity contribution in [2.45, 2.75) is 0 Å². The Kier molecular flexibility index (Phi) is 5.37. The van der Waals surface area contributed by atoms with Crippen molar-refractivity contribution >= 4 is 48.8 Å². The molecule has 0 aliphatic rings. The fourth-order valence-corrected chi connectivity index (χ4v) is 4.77. The van der Waals surface area contributed by atoms with E-state index in [0.717, 1.165) is 15.8 Å². The number of rotatable bonds is 4. The molecule has 0 bridgehead atoms. The van der Waals surface area contributed by atoms with Crippen molar-refractivity contribution in [2.75, 3.05) is 5.32 Å². The van der Waals surface area contributed by atoms with Crippen LogP contribution in [0.25, 0.3) is 43.8 Å². The van der Waals surface area contributed by atoms with Crippen molar-refractivity contribution in [2.24, 2.45) is 0 Å². The van der Waals surface area contributed by atoms with Gasteiger partial charge in [0.15, 0.2) is 0 Å². The molecule has 0 fully saturated rings. The fourth-order valence-electron chi connectivity index (χ4n) is 4.51. The van der Waals surface area contributed by atoms with Gasteiger partial charge in [0.05, 0.1) is 0 Å². The molecule has 2 heteroatoms. The lowest BCUT2D eigenvalue weighted by molar-refractivity contribution is 1.53. The minimum absolute atomic E-state index is 1.07. The number of hydrogen-bond acceptors (Lipinski definition) is 1. The van der Waals surface area contributed by atoms with Gasteiger partial charge >= 0.3 is 0 Å². The number of anilines is 2. The van der Waals surface area contributed by atoms with Gasteiger partial charge < -0.3 is 5.32 Å². The third kappa shape index (κ3) is 4.09. The van der Waals surface area contributed by atoms with Gasteiger partial charge in [0.1, 0.15) is 0 Å². The molecule has 0 aliphatic heterocycles. The van der Waals surface area contributed by atoms with E-state index in [0.29, 0.717) is 0 Å². The van der Waals surface area contributed by atoms with E-state index in [1.165, 1.54) is 43.8 Å². The van der Waals surface area contributed by atoms with Crippen LogP contribution < -0.4 is 5.32 Å². The minimum Gasteiger partial charge on any atom is -0.356 e. The Labute approximate surface area is 207 Å². The van der Waals surface area contributed by atoms with Crippen LogP contribution in [-0.2, 0) is 0 Å². The maximum absolute atomic E-state index is 3.48. The summed E-state index contributed by atoms with van der Waals surface area (Å²) in [6.07, 6.45) is 0. The standard InChI is InChI=1S/C32H22BrN/c33-28-14-18-30(19-15-28)34-29-16-12-22(13-17-29)25-5-3-6-26(20-25)27-11-10-24-9-8-23-4-1-2-7-31(23)32(24)21-27/h1-21,34H. The van der Waals surface area contributed by atoms with Crippen LogP contribution in [0.3, 0.4) is 0 Å². The van der Waals surface area contributed by atoms with Crippen molar-refractivity contribution in [3.8, 4) is 22.3 Å². The highest BCUT2D eigenvalue weighted by Crippen LogP contribution is 2.32. The smallest absolute Gasteiger partial charge is 0.0384 e. The summed E-state index contributed by atoms with van der Waals surface area (Å²) in [6.45, 7) is 0. The van der Waals surface area contributed by atoms with Crippen LogP contribution in [0.15, 0.2) is 132 Å². The molecule has 162 valence electrons. The molecule has 0 atom stereocenters. The van der Waals surface area contributed by atoms with E-state index in [2.05, 4.69) is 137 Å². The highest BCUT2D eigenvalue weighted by atomic mass is 79.9. The number of fused-ring (bicyclic) bond motifs is 3. The molecule has 0 aromatic heterocycles. The second-order valence-corrected chi connectivity index (χ2v) is 9.43. The van der Waals surface area contributed by atoms with Crippen LogP contribution in [-0.4, -0.2) is 0 Å². The highest BCUT2D eigenvalue weighted by molar-refractivity contribution is 9.10. The molecule has 0 spiro atoms. The van der Waals surface area contributed by atoms with Crippen molar-refractivity contribution in [3.05, 3.63) is 132 Å². The Morgan fingerprint density at radius 2 is 0.971 bits per heavy atom. The second-order valence-electron chi connectivity index (χ2n) is 8.51. The predicted molar refractivity (Wildman–Crippen MR) is 150 cm³/mol. The van der Waals surface area contributed by atoms with E-state index >= 15 is 0 Å². The lowest BCUT2D eigenvalue weighted by Gasteiger charge is -2.10. The maximum Gasteiger partial charge on any atom is 0.0384 e. The van der Waals surface area contributed by atoms with Crippen molar-refractivity contribution in [1.29, 1.82) is 0 Å². The van der Waals surface area contributed by atoms with Crippen LogP contribution in [0, 0.1) is 0 Å². The van der Waals surface area contributed by atoms with Gasteiger partial charge in [0.2, 0.25) is 0 Å². The molecule has 34 heavy (non-hydrogen) atoms. The second kappa shape index (κ2) is 8.81. The quantitative estimate of drug-likeness (QED) is 0.238. The number of benzene rings is 6. The van der Waals surface area contributed by atoms with Gasteiger partial charge in [-0.1, -0.05) is 94.8 Å². The largest absolute Gasteiger partial charge is 0.356 e. The van der Waals surface area contributed by atoms with Gasteiger partial charge in [0.25, 0.3) is 0 Å². The summed E-state index contributed by atoms with van der Waals surface area (Å²) in [7, 11) is 0. The third-order valence-corrected chi connectivity index (χ3v) is 6.82. The Morgan fingerprint density at radius 3 is 1.74 bits per heavy atom. The first-order valence-corrected chi connectivity index (χ1v) is 12.2. The Hall–Kier alpha value is -3.88. The summed E-state index contributed by atoms with van der Waals surface area (Å²) >= 11 is 3.48. The molecule has 0 heterocycles.